The number of rotatable bonds is 6. The maximum atomic E-state index is 13.8. The second kappa shape index (κ2) is 8.12. The number of hydrogen-bond acceptors (Lipinski definition) is 5. The quantitative estimate of drug-likeness (QED) is 0.753. The maximum Gasteiger partial charge on any atom is 0.243 e. The van der Waals surface area contributed by atoms with Crippen molar-refractivity contribution in [2.75, 3.05) is 13.1 Å². The van der Waals surface area contributed by atoms with Gasteiger partial charge in [-0.25, -0.2) is 17.8 Å². The molecule has 0 radical (unpaired) electrons. The Kier molecular flexibility index (Phi) is 5.72. The number of carbonyl (C=O) groups excluding carboxylic acids is 1. The Hall–Kier alpha value is -1.84. The Morgan fingerprint density at radius 2 is 2.00 bits per heavy atom. The van der Waals surface area contributed by atoms with Crippen LogP contribution in [0.5, 0.6) is 0 Å². The first-order chi connectivity index (χ1) is 13.8. The number of piperidine rings is 1. The van der Waals surface area contributed by atoms with Crippen LogP contribution in [0.1, 0.15) is 47.9 Å². The molecule has 0 unspecified atom stereocenters. The monoisotopic (exact) mass is 437 g/mol. The zero-order chi connectivity index (χ0) is 20.6. The highest BCUT2D eigenvalue weighted by molar-refractivity contribution is 7.89. The molecule has 1 amide bonds. The normalized spacial score (nSPS) is 18.7. The van der Waals surface area contributed by atoms with Crippen molar-refractivity contribution in [3.05, 3.63) is 45.7 Å². The molecule has 2 fully saturated rings. The van der Waals surface area contributed by atoms with Crippen molar-refractivity contribution in [2.24, 2.45) is 5.92 Å². The predicted octanol–water partition coefficient (Wildman–Crippen LogP) is 3.19. The van der Waals surface area contributed by atoms with Crippen molar-refractivity contribution < 1.29 is 17.6 Å². The maximum absolute atomic E-state index is 13.8. The summed E-state index contributed by atoms with van der Waals surface area (Å²) in [4.78, 5) is 16.4. The summed E-state index contributed by atoms with van der Waals surface area (Å²) >= 11 is 1.56. The number of sulfonamides is 1. The molecular weight excluding hydrogens is 413 g/mol. The van der Waals surface area contributed by atoms with Crippen LogP contribution in [-0.2, 0) is 21.4 Å². The first-order valence-electron chi connectivity index (χ1n) is 9.83. The first kappa shape index (κ1) is 20.4. The number of thiazole rings is 1. The topological polar surface area (TPSA) is 79.4 Å². The third kappa shape index (κ3) is 4.51. The van der Waals surface area contributed by atoms with Gasteiger partial charge in [-0.1, -0.05) is 6.07 Å². The van der Waals surface area contributed by atoms with Crippen LogP contribution in [0.2, 0.25) is 0 Å². The number of amides is 1. The van der Waals surface area contributed by atoms with Crippen LogP contribution in [0.15, 0.2) is 28.5 Å². The molecule has 1 N–H and O–H groups in total. The molecule has 29 heavy (non-hydrogen) atoms. The summed E-state index contributed by atoms with van der Waals surface area (Å²) in [6.07, 6.45) is 3.31. The van der Waals surface area contributed by atoms with Gasteiger partial charge in [-0.15, -0.1) is 11.3 Å². The number of nitrogens with one attached hydrogen (secondary N) is 1. The zero-order valence-corrected chi connectivity index (χ0v) is 17.9. The standard InChI is InChI=1S/C20H24FN3O3S2/c1-13-2-5-17(10-18(13)21)29(26,27)24-8-6-15(7-9-24)20-23-16(12-28-20)11-22-19(25)14-3-4-14/h2,5,10,12,14-15H,3-4,6-9,11H2,1H3,(H,22,25). The Bertz CT molecular complexity index is 1010. The zero-order valence-electron chi connectivity index (χ0n) is 16.2. The average Bonchev–Trinajstić information content (AvgIpc) is 3.46. The Labute approximate surface area is 174 Å². The summed E-state index contributed by atoms with van der Waals surface area (Å²) in [6, 6.07) is 4.05. The van der Waals surface area contributed by atoms with E-state index in [-0.39, 0.29) is 22.6 Å². The third-order valence-electron chi connectivity index (χ3n) is 5.55. The van der Waals surface area contributed by atoms with Gasteiger partial charge in [-0.05, 0) is 50.3 Å². The van der Waals surface area contributed by atoms with Crippen molar-refractivity contribution in [2.45, 2.75) is 50.0 Å². The molecule has 156 valence electrons. The molecule has 2 aliphatic rings. The lowest BCUT2D eigenvalue weighted by Crippen LogP contribution is -2.37. The van der Waals surface area contributed by atoms with E-state index in [0.717, 1.165) is 29.6 Å². The molecule has 1 aliphatic heterocycles. The smallest absolute Gasteiger partial charge is 0.243 e. The van der Waals surface area contributed by atoms with Gasteiger partial charge in [0.2, 0.25) is 15.9 Å². The molecule has 9 heteroatoms. The molecular formula is C20H24FN3O3S2. The van der Waals surface area contributed by atoms with Crippen molar-refractivity contribution in [1.29, 1.82) is 0 Å². The van der Waals surface area contributed by atoms with Gasteiger partial charge in [-0.2, -0.15) is 4.31 Å². The van der Waals surface area contributed by atoms with Crippen molar-refractivity contribution in [3.63, 3.8) is 0 Å². The summed E-state index contributed by atoms with van der Waals surface area (Å²) in [5.41, 5.74) is 1.28. The second-order valence-corrected chi connectivity index (χ2v) is 10.6. The van der Waals surface area contributed by atoms with Crippen molar-refractivity contribution in [3.8, 4) is 0 Å². The van der Waals surface area contributed by atoms with Crippen LogP contribution in [-0.4, -0.2) is 36.7 Å². The van der Waals surface area contributed by atoms with Gasteiger partial charge in [0.1, 0.15) is 5.82 Å². The van der Waals surface area contributed by atoms with Crippen molar-refractivity contribution in [1.82, 2.24) is 14.6 Å². The van der Waals surface area contributed by atoms with Crippen LogP contribution in [0.25, 0.3) is 0 Å². The molecule has 1 saturated carbocycles. The fourth-order valence-corrected chi connectivity index (χ4v) is 5.96. The number of carbonyl (C=O) groups is 1. The lowest BCUT2D eigenvalue weighted by molar-refractivity contribution is -0.122. The molecule has 0 spiro atoms. The van der Waals surface area contributed by atoms with Gasteiger partial charge >= 0.3 is 0 Å². The number of benzene rings is 1. The number of hydrogen-bond donors (Lipinski definition) is 1. The van der Waals surface area contributed by atoms with E-state index in [1.165, 1.54) is 16.4 Å². The second-order valence-electron chi connectivity index (χ2n) is 7.76. The van der Waals surface area contributed by atoms with Gasteiger partial charge < -0.3 is 5.32 Å². The summed E-state index contributed by atoms with van der Waals surface area (Å²) in [6.45, 7) is 2.82. The van der Waals surface area contributed by atoms with Crippen molar-refractivity contribution >= 4 is 27.3 Å². The minimum Gasteiger partial charge on any atom is -0.350 e. The van der Waals surface area contributed by atoms with Crippen LogP contribution in [0, 0.1) is 18.7 Å². The molecule has 0 atom stereocenters. The Morgan fingerprint density at radius 3 is 2.66 bits per heavy atom. The van der Waals surface area contributed by atoms with Crippen LogP contribution < -0.4 is 5.32 Å². The van der Waals surface area contributed by atoms with Gasteiger partial charge in [-0.3, -0.25) is 4.79 Å². The van der Waals surface area contributed by atoms with Gasteiger partial charge in [0, 0.05) is 30.3 Å². The molecule has 6 nitrogen and oxygen atoms in total. The fourth-order valence-electron chi connectivity index (χ4n) is 3.49. The number of aryl methyl sites for hydroxylation is 1. The van der Waals surface area contributed by atoms with E-state index in [1.54, 1.807) is 18.3 Å². The third-order valence-corrected chi connectivity index (χ3v) is 8.50. The average molecular weight is 438 g/mol. The predicted molar refractivity (Wildman–Crippen MR) is 109 cm³/mol. The first-order valence-corrected chi connectivity index (χ1v) is 12.1. The van der Waals surface area contributed by atoms with E-state index >= 15 is 0 Å². The van der Waals surface area contributed by atoms with Gasteiger partial charge in [0.25, 0.3) is 0 Å². The Morgan fingerprint density at radius 1 is 1.28 bits per heavy atom. The lowest BCUT2D eigenvalue weighted by Gasteiger charge is -2.30. The highest BCUT2D eigenvalue weighted by atomic mass is 32.2. The largest absolute Gasteiger partial charge is 0.350 e. The number of aromatic nitrogens is 1. The molecule has 1 saturated heterocycles. The summed E-state index contributed by atoms with van der Waals surface area (Å²) in [5, 5.41) is 5.86. The van der Waals surface area contributed by atoms with E-state index in [1.807, 2.05) is 5.38 Å². The number of halogens is 1. The SMILES string of the molecule is Cc1ccc(S(=O)(=O)N2CCC(c3nc(CNC(=O)C4CC4)cs3)CC2)cc1F. The van der Waals surface area contributed by atoms with E-state index in [4.69, 9.17) is 0 Å². The molecule has 0 bridgehead atoms. The van der Waals surface area contributed by atoms with Gasteiger partial charge in [0.15, 0.2) is 0 Å². The Balaban J connectivity index is 1.35. The molecule has 4 rings (SSSR count). The fraction of sp³-hybridized carbons (Fsp3) is 0.500. The van der Waals surface area contributed by atoms with E-state index < -0.39 is 15.8 Å². The van der Waals surface area contributed by atoms with E-state index in [9.17, 15) is 17.6 Å². The molecule has 1 aliphatic carbocycles. The summed E-state index contributed by atoms with van der Waals surface area (Å²) in [7, 11) is -3.69. The molecule has 1 aromatic carbocycles. The van der Waals surface area contributed by atoms with E-state index in [2.05, 4.69) is 10.3 Å². The summed E-state index contributed by atoms with van der Waals surface area (Å²) < 4.78 is 40.9. The minimum absolute atomic E-state index is 0.00184. The van der Waals surface area contributed by atoms with Crippen LogP contribution in [0.3, 0.4) is 0 Å². The lowest BCUT2D eigenvalue weighted by atomic mass is 9.99. The summed E-state index contributed by atoms with van der Waals surface area (Å²) in [5.74, 6) is -0.0221. The minimum atomic E-state index is -3.69. The molecule has 2 heterocycles. The highest BCUT2D eigenvalue weighted by Gasteiger charge is 2.32. The van der Waals surface area contributed by atoms with Crippen LogP contribution in [0.4, 0.5) is 4.39 Å². The molecule has 2 aromatic rings. The van der Waals surface area contributed by atoms with Gasteiger partial charge in [0.05, 0.1) is 22.1 Å². The molecule has 1 aromatic heterocycles. The van der Waals surface area contributed by atoms with Crippen LogP contribution >= 0.6 is 11.3 Å². The number of nitrogens with zero attached hydrogens (tertiary/aromatic N) is 2. The highest BCUT2D eigenvalue weighted by Crippen LogP contribution is 2.33. The van der Waals surface area contributed by atoms with E-state index in [0.29, 0.717) is 38.0 Å².